The molecule has 0 aromatic heterocycles. The molecule has 0 aliphatic carbocycles. The van der Waals surface area contributed by atoms with Crippen molar-refractivity contribution in [3.8, 4) is 5.75 Å². The Morgan fingerprint density at radius 2 is 1.74 bits per heavy atom. The Morgan fingerprint density at radius 3 is 2.43 bits per heavy atom. The molecule has 0 bridgehead atoms. The van der Waals surface area contributed by atoms with E-state index in [-0.39, 0.29) is 10.9 Å². The average Bonchev–Trinajstić information content (AvgIpc) is 2.51. The number of alkyl halides is 3. The lowest BCUT2D eigenvalue weighted by atomic mass is 10.2. The largest absolute Gasteiger partial charge is 0.573 e. The molecular weight excluding hydrogens is 327 g/mol. The molecule has 0 saturated heterocycles. The number of hydrogen-bond donors (Lipinski definition) is 1. The second-order valence-electron chi connectivity index (χ2n) is 4.89. The molecule has 1 heterocycles. The summed E-state index contributed by atoms with van der Waals surface area (Å²) in [4.78, 5) is 16.7. The normalized spacial score (nSPS) is 18.6. The van der Waals surface area contributed by atoms with Gasteiger partial charge in [-0.2, -0.15) is 0 Å². The number of para-hydroxylation sites is 1. The van der Waals surface area contributed by atoms with Gasteiger partial charge in [0.15, 0.2) is 0 Å². The Morgan fingerprint density at radius 1 is 1.04 bits per heavy atom. The molecule has 120 valence electrons. The van der Waals surface area contributed by atoms with Crippen LogP contribution in [0.25, 0.3) is 0 Å². The van der Waals surface area contributed by atoms with E-state index in [2.05, 4.69) is 9.73 Å². The number of thiol groups is 1. The summed E-state index contributed by atoms with van der Waals surface area (Å²) < 4.78 is 40.2. The molecule has 0 radical (unpaired) electrons. The maximum absolute atomic E-state index is 12.4. The van der Waals surface area contributed by atoms with Crippen LogP contribution in [0.4, 0.5) is 18.9 Å². The molecule has 2 aromatic rings. The zero-order chi connectivity index (χ0) is 16.4. The zero-order valence-corrected chi connectivity index (χ0v) is 12.6. The Bertz CT molecular complexity index is 757. The van der Waals surface area contributed by atoms with Crippen LogP contribution in [0.3, 0.4) is 0 Å². The zero-order valence-electron chi connectivity index (χ0n) is 11.7. The summed E-state index contributed by atoms with van der Waals surface area (Å²) in [6.45, 7) is 0. The number of halogens is 3. The van der Waals surface area contributed by atoms with Crippen molar-refractivity contribution in [2.24, 2.45) is 4.99 Å². The summed E-state index contributed by atoms with van der Waals surface area (Å²) in [7, 11) is -1.13. The van der Waals surface area contributed by atoms with E-state index in [1.807, 2.05) is 6.07 Å². The van der Waals surface area contributed by atoms with E-state index in [0.29, 0.717) is 17.0 Å². The highest BCUT2D eigenvalue weighted by Crippen LogP contribution is 2.39. The standard InChI is InChI=1S/C16H12F3NO2S/c17-16(18,19)22-12-7-5-11(6-8-12)9-23-10-20-14-4-2-1-3-13(14)15(23)21/h1-8,10,23H,9H2. The van der Waals surface area contributed by atoms with Gasteiger partial charge in [-0.1, -0.05) is 24.3 Å². The van der Waals surface area contributed by atoms with Gasteiger partial charge in [0.2, 0.25) is 5.12 Å². The minimum Gasteiger partial charge on any atom is -0.406 e. The molecule has 7 heteroatoms. The van der Waals surface area contributed by atoms with Gasteiger partial charge < -0.3 is 4.74 Å². The third kappa shape index (κ3) is 3.73. The number of carbonyl (C=O) groups is 1. The minimum atomic E-state index is -4.71. The first-order valence-corrected chi connectivity index (χ1v) is 8.31. The van der Waals surface area contributed by atoms with Gasteiger partial charge >= 0.3 is 6.36 Å². The molecule has 23 heavy (non-hydrogen) atoms. The van der Waals surface area contributed by atoms with E-state index in [4.69, 9.17) is 0 Å². The van der Waals surface area contributed by atoms with Gasteiger partial charge in [-0.05, 0) is 29.8 Å². The summed E-state index contributed by atoms with van der Waals surface area (Å²) >= 11 is 0. The van der Waals surface area contributed by atoms with Crippen molar-refractivity contribution in [3.05, 3.63) is 59.7 Å². The molecule has 0 saturated carbocycles. The van der Waals surface area contributed by atoms with E-state index in [1.165, 1.54) is 24.3 Å². The number of carbonyl (C=O) groups excluding carboxylic acids is 1. The smallest absolute Gasteiger partial charge is 0.406 e. The Kier molecular flexibility index (Phi) is 4.12. The molecule has 0 N–H and O–H groups in total. The van der Waals surface area contributed by atoms with Crippen molar-refractivity contribution in [2.45, 2.75) is 12.1 Å². The third-order valence-corrected chi connectivity index (χ3v) is 5.10. The van der Waals surface area contributed by atoms with Gasteiger partial charge in [0.25, 0.3) is 0 Å². The molecule has 3 rings (SSSR count). The molecule has 1 aliphatic heterocycles. The van der Waals surface area contributed by atoms with Crippen LogP contribution in [0.5, 0.6) is 5.75 Å². The molecule has 3 nitrogen and oxygen atoms in total. The van der Waals surface area contributed by atoms with Crippen LogP contribution in [0.15, 0.2) is 53.5 Å². The first-order valence-electron chi connectivity index (χ1n) is 6.71. The van der Waals surface area contributed by atoms with Crippen molar-refractivity contribution in [1.29, 1.82) is 0 Å². The number of ether oxygens (including phenoxy) is 1. The summed E-state index contributed by atoms with van der Waals surface area (Å²) in [6, 6.07) is 12.7. The summed E-state index contributed by atoms with van der Waals surface area (Å²) in [5.41, 5.74) is 3.67. The average molecular weight is 339 g/mol. The number of rotatable bonds is 3. The molecule has 0 spiro atoms. The van der Waals surface area contributed by atoms with Crippen LogP contribution < -0.4 is 4.74 Å². The van der Waals surface area contributed by atoms with Gasteiger partial charge in [-0.25, -0.2) is 0 Å². The quantitative estimate of drug-likeness (QED) is 0.830. The van der Waals surface area contributed by atoms with Crippen molar-refractivity contribution < 1.29 is 22.7 Å². The van der Waals surface area contributed by atoms with Crippen LogP contribution in [0, 0.1) is 0 Å². The van der Waals surface area contributed by atoms with E-state index in [9.17, 15) is 18.0 Å². The van der Waals surface area contributed by atoms with Crippen LogP contribution in [-0.2, 0) is 5.75 Å². The molecule has 2 aromatic carbocycles. The van der Waals surface area contributed by atoms with E-state index in [1.54, 1.807) is 23.7 Å². The van der Waals surface area contributed by atoms with Crippen molar-refractivity contribution in [2.75, 3.05) is 0 Å². The van der Waals surface area contributed by atoms with E-state index < -0.39 is 17.3 Å². The third-order valence-electron chi connectivity index (χ3n) is 3.24. The molecular formula is C16H12F3NO2S. The lowest BCUT2D eigenvalue weighted by Crippen LogP contribution is -2.17. The van der Waals surface area contributed by atoms with Gasteiger partial charge in [-0.15, -0.1) is 24.1 Å². The van der Waals surface area contributed by atoms with Gasteiger partial charge in [0.1, 0.15) is 5.75 Å². The SMILES string of the molecule is O=C1c2ccccc2N=C[SH]1Cc1ccc(OC(F)(F)F)cc1. The van der Waals surface area contributed by atoms with Crippen LogP contribution in [0.2, 0.25) is 0 Å². The minimum absolute atomic E-state index is 0.0289. The lowest BCUT2D eigenvalue weighted by Gasteiger charge is -2.20. The fourth-order valence-electron chi connectivity index (χ4n) is 2.21. The number of hydrogen-bond acceptors (Lipinski definition) is 3. The molecule has 0 amide bonds. The first-order chi connectivity index (χ1) is 10.9. The maximum atomic E-state index is 12.4. The Hall–Kier alpha value is -2.28. The van der Waals surface area contributed by atoms with Gasteiger partial charge in [-0.3, -0.25) is 9.79 Å². The van der Waals surface area contributed by atoms with Gasteiger partial charge in [0, 0.05) is 11.3 Å². The topological polar surface area (TPSA) is 38.7 Å². The fraction of sp³-hybridized carbons (Fsp3) is 0.125. The summed E-state index contributed by atoms with van der Waals surface area (Å²) in [5, 5.41) is 0.0289. The predicted molar refractivity (Wildman–Crippen MR) is 84.7 cm³/mol. The molecule has 1 unspecified atom stereocenters. The van der Waals surface area contributed by atoms with Crippen molar-refractivity contribution >= 4 is 27.2 Å². The lowest BCUT2D eigenvalue weighted by molar-refractivity contribution is -0.274. The number of fused-ring (bicyclic) bond motifs is 1. The van der Waals surface area contributed by atoms with Gasteiger partial charge in [0.05, 0.1) is 11.3 Å². The summed E-state index contributed by atoms with van der Waals surface area (Å²) in [5.74, 6) is 0.168. The Labute approximate surface area is 133 Å². The number of aliphatic imine (C=N–C) groups is 1. The molecule has 1 aliphatic rings. The fourth-order valence-corrected chi connectivity index (χ4v) is 3.91. The second-order valence-corrected chi connectivity index (χ2v) is 6.78. The van der Waals surface area contributed by atoms with E-state index in [0.717, 1.165) is 5.56 Å². The first kappa shape index (κ1) is 15.6. The number of nitrogens with zero attached hydrogens (tertiary/aromatic N) is 1. The number of benzene rings is 2. The predicted octanol–water partition coefficient (Wildman–Crippen LogP) is 4.60. The molecule has 0 fully saturated rings. The second kappa shape index (κ2) is 6.08. The van der Waals surface area contributed by atoms with Crippen LogP contribution in [0.1, 0.15) is 15.9 Å². The highest BCUT2D eigenvalue weighted by molar-refractivity contribution is 8.39. The summed E-state index contributed by atoms with van der Waals surface area (Å²) in [6.07, 6.45) is -4.71. The van der Waals surface area contributed by atoms with Crippen LogP contribution in [-0.4, -0.2) is 17.0 Å². The highest BCUT2D eigenvalue weighted by atomic mass is 32.2. The Balaban J connectivity index is 1.72. The molecule has 1 atom stereocenters. The van der Waals surface area contributed by atoms with Crippen molar-refractivity contribution in [3.63, 3.8) is 0 Å². The van der Waals surface area contributed by atoms with E-state index >= 15 is 0 Å². The maximum Gasteiger partial charge on any atom is 0.573 e. The van der Waals surface area contributed by atoms with Crippen LogP contribution >= 0.6 is 10.9 Å². The van der Waals surface area contributed by atoms with Crippen molar-refractivity contribution in [1.82, 2.24) is 0 Å². The monoisotopic (exact) mass is 339 g/mol. The highest BCUT2D eigenvalue weighted by Gasteiger charge is 2.31.